The van der Waals surface area contributed by atoms with Gasteiger partial charge >= 0.3 is 0 Å². The van der Waals surface area contributed by atoms with Crippen LogP contribution in [0.3, 0.4) is 0 Å². The minimum Gasteiger partial charge on any atom is -0.359 e. The zero-order valence-corrected chi connectivity index (χ0v) is 5.92. The van der Waals surface area contributed by atoms with Crippen LogP contribution in [0, 0.1) is 6.92 Å². The molecule has 1 aliphatic heterocycles. The zero-order valence-electron chi connectivity index (χ0n) is 5.92. The lowest BCUT2D eigenvalue weighted by Gasteiger charge is -2.24. The maximum Gasteiger partial charge on any atom is 0.153 e. The summed E-state index contributed by atoms with van der Waals surface area (Å²) >= 11 is 0. The van der Waals surface area contributed by atoms with Crippen LogP contribution in [-0.4, -0.2) is 11.7 Å². The Balaban J connectivity index is 2.17. The van der Waals surface area contributed by atoms with E-state index >= 15 is 0 Å². The second kappa shape index (κ2) is 2.09. The van der Waals surface area contributed by atoms with E-state index < -0.39 is 0 Å². The Bertz CT molecular complexity index is 227. The van der Waals surface area contributed by atoms with Gasteiger partial charge in [-0.1, -0.05) is 5.16 Å². The number of hydrogen-bond donors (Lipinski definition) is 1. The third-order valence-electron chi connectivity index (χ3n) is 1.81. The summed E-state index contributed by atoms with van der Waals surface area (Å²) in [6.07, 6.45) is 1.18. The van der Waals surface area contributed by atoms with Gasteiger partial charge in [0, 0.05) is 6.07 Å². The highest BCUT2D eigenvalue weighted by Gasteiger charge is 2.21. The highest BCUT2D eigenvalue weighted by molar-refractivity contribution is 5.09. The van der Waals surface area contributed by atoms with Gasteiger partial charge in [-0.15, -0.1) is 0 Å². The first kappa shape index (κ1) is 5.92. The summed E-state index contributed by atoms with van der Waals surface area (Å²) in [5, 5.41) is 7.05. The van der Waals surface area contributed by atoms with Gasteiger partial charge in [0.05, 0.1) is 11.7 Å². The molecule has 0 aromatic carbocycles. The van der Waals surface area contributed by atoms with Crippen LogP contribution in [0.4, 0.5) is 0 Å². The van der Waals surface area contributed by atoms with E-state index in [1.54, 1.807) is 0 Å². The van der Waals surface area contributed by atoms with E-state index in [1.807, 2.05) is 13.0 Å². The van der Waals surface area contributed by atoms with Crippen LogP contribution in [0.2, 0.25) is 0 Å². The Kier molecular flexibility index (Phi) is 1.24. The summed E-state index contributed by atoms with van der Waals surface area (Å²) in [5.74, 6) is 0.976. The number of aromatic nitrogens is 1. The molecule has 1 atom stereocenters. The third kappa shape index (κ3) is 0.827. The molecule has 3 nitrogen and oxygen atoms in total. The summed E-state index contributed by atoms with van der Waals surface area (Å²) in [7, 11) is 0. The second-order valence-corrected chi connectivity index (χ2v) is 2.67. The van der Waals surface area contributed by atoms with E-state index in [0.29, 0.717) is 6.04 Å². The van der Waals surface area contributed by atoms with Crippen molar-refractivity contribution in [3.63, 3.8) is 0 Å². The van der Waals surface area contributed by atoms with Crippen molar-refractivity contribution in [3.8, 4) is 0 Å². The summed E-state index contributed by atoms with van der Waals surface area (Å²) in [6, 6.07) is 2.41. The van der Waals surface area contributed by atoms with E-state index in [9.17, 15) is 0 Å². The summed E-state index contributed by atoms with van der Waals surface area (Å²) < 4.78 is 5.06. The predicted octanol–water partition coefficient (Wildman–Crippen LogP) is 1.02. The van der Waals surface area contributed by atoms with Crippen molar-refractivity contribution in [3.05, 3.63) is 17.5 Å². The van der Waals surface area contributed by atoms with Crippen molar-refractivity contribution in [2.45, 2.75) is 19.4 Å². The van der Waals surface area contributed by atoms with Crippen molar-refractivity contribution in [2.24, 2.45) is 0 Å². The lowest BCUT2D eigenvalue weighted by Crippen LogP contribution is -2.34. The molecular formula is C7H10N2O. The standard InChI is InChI=1S/C7H10N2O/c1-5-4-7(10-9-5)6-2-3-8-6/h4,6,8H,2-3H2,1H3. The zero-order chi connectivity index (χ0) is 6.97. The average molecular weight is 138 g/mol. The van der Waals surface area contributed by atoms with Gasteiger partial charge in [-0.3, -0.25) is 0 Å². The summed E-state index contributed by atoms with van der Waals surface area (Å²) in [5.41, 5.74) is 0.962. The van der Waals surface area contributed by atoms with Crippen molar-refractivity contribution in [2.75, 3.05) is 6.54 Å². The molecule has 3 heteroatoms. The van der Waals surface area contributed by atoms with Crippen molar-refractivity contribution in [1.29, 1.82) is 0 Å². The molecule has 2 heterocycles. The molecule has 2 rings (SSSR count). The van der Waals surface area contributed by atoms with Crippen LogP contribution in [0.25, 0.3) is 0 Å². The first-order chi connectivity index (χ1) is 4.86. The highest BCUT2D eigenvalue weighted by atomic mass is 16.5. The average Bonchev–Trinajstić information content (AvgIpc) is 2.10. The molecule has 0 bridgehead atoms. The van der Waals surface area contributed by atoms with E-state index in [0.717, 1.165) is 18.0 Å². The molecule has 54 valence electrons. The fourth-order valence-corrected chi connectivity index (χ4v) is 1.08. The molecule has 0 radical (unpaired) electrons. The minimum absolute atomic E-state index is 0.432. The van der Waals surface area contributed by atoms with E-state index in [1.165, 1.54) is 6.42 Å². The summed E-state index contributed by atoms with van der Waals surface area (Å²) in [6.45, 7) is 3.04. The molecule has 0 spiro atoms. The van der Waals surface area contributed by atoms with Crippen molar-refractivity contribution >= 4 is 0 Å². The SMILES string of the molecule is Cc1cc(C2CCN2)on1. The van der Waals surface area contributed by atoms with Crippen LogP contribution >= 0.6 is 0 Å². The molecule has 1 N–H and O–H groups in total. The van der Waals surface area contributed by atoms with Gasteiger partial charge < -0.3 is 9.84 Å². The Hall–Kier alpha value is -0.830. The molecule has 1 aliphatic rings. The quantitative estimate of drug-likeness (QED) is 0.629. The molecule has 1 aromatic rings. The molecule has 1 saturated heterocycles. The normalized spacial score (nSPS) is 24.3. The smallest absolute Gasteiger partial charge is 0.153 e. The van der Waals surface area contributed by atoms with Crippen molar-refractivity contribution in [1.82, 2.24) is 10.5 Å². The van der Waals surface area contributed by atoms with E-state index in [4.69, 9.17) is 4.52 Å². The van der Waals surface area contributed by atoms with Crippen LogP contribution in [0.15, 0.2) is 10.6 Å². The number of hydrogen-bond acceptors (Lipinski definition) is 3. The Morgan fingerprint density at radius 1 is 1.80 bits per heavy atom. The highest BCUT2D eigenvalue weighted by Crippen LogP contribution is 2.22. The Morgan fingerprint density at radius 2 is 2.60 bits per heavy atom. The maximum atomic E-state index is 5.06. The molecule has 10 heavy (non-hydrogen) atoms. The molecule has 0 aliphatic carbocycles. The molecular weight excluding hydrogens is 128 g/mol. The number of rotatable bonds is 1. The fourth-order valence-electron chi connectivity index (χ4n) is 1.08. The van der Waals surface area contributed by atoms with Gasteiger partial charge in [-0.2, -0.15) is 0 Å². The first-order valence-electron chi connectivity index (χ1n) is 3.53. The van der Waals surface area contributed by atoms with Gasteiger partial charge in [-0.25, -0.2) is 0 Å². The van der Waals surface area contributed by atoms with Crippen LogP contribution in [-0.2, 0) is 0 Å². The fraction of sp³-hybridized carbons (Fsp3) is 0.571. The van der Waals surface area contributed by atoms with Gasteiger partial charge in [0.2, 0.25) is 0 Å². The Morgan fingerprint density at radius 3 is 3.00 bits per heavy atom. The number of nitrogens with one attached hydrogen (secondary N) is 1. The van der Waals surface area contributed by atoms with Gasteiger partial charge in [-0.05, 0) is 19.9 Å². The number of nitrogens with zero attached hydrogens (tertiary/aromatic N) is 1. The predicted molar refractivity (Wildman–Crippen MR) is 36.6 cm³/mol. The maximum absolute atomic E-state index is 5.06. The molecule has 1 unspecified atom stereocenters. The van der Waals surface area contributed by atoms with Gasteiger partial charge in [0.15, 0.2) is 5.76 Å². The first-order valence-corrected chi connectivity index (χ1v) is 3.53. The second-order valence-electron chi connectivity index (χ2n) is 2.67. The largest absolute Gasteiger partial charge is 0.359 e. The topological polar surface area (TPSA) is 38.1 Å². The van der Waals surface area contributed by atoms with Crippen LogP contribution in [0.5, 0.6) is 0 Å². The molecule has 1 fully saturated rings. The summed E-state index contributed by atoms with van der Waals surface area (Å²) in [4.78, 5) is 0. The van der Waals surface area contributed by atoms with Crippen LogP contribution in [0.1, 0.15) is 23.9 Å². The van der Waals surface area contributed by atoms with E-state index in [-0.39, 0.29) is 0 Å². The molecule has 0 saturated carbocycles. The van der Waals surface area contributed by atoms with Crippen molar-refractivity contribution < 1.29 is 4.52 Å². The molecule has 1 aromatic heterocycles. The van der Waals surface area contributed by atoms with Gasteiger partial charge in [0.25, 0.3) is 0 Å². The lowest BCUT2D eigenvalue weighted by molar-refractivity contribution is 0.280. The Labute approximate surface area is 59.4 Å². The minimum atomic E-state index is 0.432. The van der Waals surface area contributed by atoms with Gasteiger partial charge in [0.1, 0.15) is 0 Å². The monoisotopic (exact) mass is 138 g/mol. The number of aryl methyl sites for hydroxylation is 1. The lowest BCUT2D eigenvalue weighted by atomic mass is 10.1. The molecule has 0 amide bonds. The van der Waals surface area contributed by atoms with Crippen LogP contribution < -0.4 is 5.32 Å². The van der Waals surface area contributed by atoms with E-state index in [2.05, 4.69) is 10.5 Å². The third-order valence-corrected chi connectivity index (χ3v) is 1.81.